The molecule has 0 bridgehead atoms. The van der Waals surface area contributed by atoms with Crippen molar-refractivity contribution in [3.05, 3.63) is 64.4 Å². The Morgan fingerprint density at radius 1 is 1.22 bits per heavy atom. The van der Waals surface area contributed by atoms with Gasteiger partial charge in [-0.3, -0.25) is 4.79 Å². The number of para-hydroxylation sites is 2. The van der Waals surface area contributed by atoms with Gasteiger partial charge in [0.15, 0.2) is 0 Å². The number of carbonyl (C=O) groups excluding carboxylic acids is 1. The van der Waals surface area contributed by atoms with Crippen LogP contribution in [-0.2, 0) is 17.8 Å². The predicted molar refractivity (Wildman–Crippen MR) is 111 cm³/mol. The maximum atomic E-state index is 11.9. The number of imidazole rings is 1. The first kappa shape index (κ1) is 19.6. The molecule has 3 rings (SSSR count). The molecule has 1 atom stereocenters. The average Bonchev–Trinajstić information content (AvgIpc) is 2.99. The van der Waals surface area contributed by atoms with Crippen molar-refractivity contribution in [2.45, 2.75) is 38.8 Å². The van der Waals surface area contributed by atoms with Crippen molar-refractivity contribution in [2.75, 3.05) is 6.54 Å². The number of fused-ring (bicyclic) bond motifs is 1. The van der Waals surface area contributed by atoms with E-state index in [4.69, 9.17) is 4.98 Å². The Morgan fingerprint density at radius 3 is 2.70 bits per heavy atom. The molecule has 0 aliphatic carbocycles. The van der Waals surface area contributed by atoms with Gasteiger partial charge in [-0.05, 0) is 43.2 Å². The van der Waals surface area contributed by atoms with E-state index in [2.05, 4.69) is 44.0 Å². The van der Waals surface area contributed by atoms with Gasteiger partial charge in [0, 0.05) is 30.4 Å². The summed E-state index contributed by atoms with van der Waals surface area (Å²) in [4.78, 5) is 16.6. The average molecular weight is 430 g/mol. The summed E-state index contributed by atoms with van der Waals surface area (Å²) in [5.41, 5.74) is 3.25. The smallest absolute Gasteiger partial charge is 0.220 e. The second-order valence-electron chi connectivity index (χ2n) is 6.72. The van der Waals surface area contributed by atoms with E-state index >= 15 is 0 Å². The molecule has 1 amide bonds. The number of hydrogen-bond acceptors (Lipinski definition) is 3. The summed E-state index contributed by atoms with van der Waals surface area (Å²) in [6.45, 7) is 2.96. The maximum Gasteiger partial charge on any atom is 0.220 e. The predicted octanol–water partition coefficient (Wildman–Crippen LogP) is 3.67. The molecule has 6 heteroatoms. The van der Waals surface area contributed by atoms with Crippen LogP contribution in [0.25, 0.3) is 11.0 Å². The fourth-order valence-corrected chi connectivity index (χ4v) is 3.27. The Balaban J connectivity index is 1.72. The van der Waals surface area contributed by atoms with E-state index in [1.807, 2.05) is 30.3 Å². The molecule has 0 saturated heterocycles. The highest BCUT2D eigenvalue weighted by Gasteiger charge is 2.11. The summed E-state index contributed by atoms with van der Waals surface area (Å²) >= 11 is 3.47. The van der Waals surface area contributed by atoms with Gasteiger partial charge >= 0.3 is 0 Å². The van der Waals surface area contributed by atoms with Crippen LogP contribution in [-0.4, -0.2) is 33.2 Å². The zero-order chi connectivity index (χ0) is 19.2. The largest absolute Gasteiger partial charge is 0.393 e. The number of aliphatic hydroxyl groups excluding tert-OH is 1. The maximum absolute atomic E-state index is 11.9. The second-order valence-corrected chi connectivity index (χ2v) is 7.63. The van der Waals surface area contributed by atoms with Crippen LogP contribution in [0.3, 0.4) is 0 Å². The van der Waals surface area contributed by atoms with Crippen LogP contribution in [0.4, 0.5) is 0 Å². The van der Waals surface area contributed by atoms with Crippen LogP contribution < -0.4 is 5.32 Å². The number of hydrogen-bond donors (Lipinski definition) is 2. The Labute approximate surface area is 167 Å². The third kappa shape index (κ3) is 5.40. The SMILES string of the molecule is CC(O)CCC(=O)NCCc1nc2ccccc2n1Cc1ccc(Br)cc1. The van der Waals surface area contributed by atoms with Gasteiger partial charge in [0.25, 0.3) is 0 Å². The molecule has 0 spiro atoms. The van der Waals surface area contributed by atoms with Crippen molar-refractivity contribution in [1.82, 2.24) is 14.9 Å². The Hall–Kier alpha value is -2.18. The summed E-state index contributed by atoms with van der Waals surface area (Å²) < 4.78 is 3.27. The van der Waals surface area contributed by atoms with E-state index in [-0.39, 0.29) is 5.91 Å². The van der Waals surface area contributed by atoms with E-state index in [9.17, 15) is 9.90 Å². The van der Waals surface area contributed by atoms with Gasteiger partial charge in [-0.15, -0.1) is 0 Å². The summed E-state index contributed by atoms with van der Waals surface area (Å²) in [6, 6.07) is 16.4. The fourth-order valence-electron chi connectivity index (χ4n) is 3.01. The van der Waals surface area contributed by atoms with Crippen LogP contribution in [0.15, 0.2) is 53.0 Å². The molecule has 142 valence electrons. The van der Waals surface area contributed by atoms with Crippen LogP contribution in [0.2, 0.25) is 0 Å². The molecule has 2 N–H and O–H groups in total. The van der Waals surface area contributed by atoms with Gasteiger partial charge < -0.3 is 15.0 Å². The first-order valence-corrected chi connectivity index (χ1v) is 9.95. The summed E-state index contributed by atoms with van der Waals surface area (Å²) in [6.07, 6.45) is 1.03. The van der Waals surface area contributed by atoms with Crippen LogP contribution in [0, 0.1) is 0 Å². The number of halogens is 1. The molecule has 1 heterocycles. The van der Waals surface area contributed by atoms with E-state index in [0.29, 0.717) is 25.8 Å². The molecule has 0 aliphatic rings. The van der Waals surface area contributed by atoms with E-state index in [1.165, 1.54) is 5.56 Å². The van der Waals surface area contributed by atoms with E-state index < -0.39 is 6.10 Å². The molecule has 27 heavy (non-hydrogen) atoms. The second kappa shape index (κ2) is 9.15. The quantitative estimate of drug-likeness (QED) is 0.573. The zero-order valence-electron chi connectivity index (χ0n) is 15.4. The lowest BCUT2D eigenvalue weighted by atomic mass is 10.2. The molecule has 1 aromatic heterocycles. The number of rotatable bonds is 8. The van der Waals surface area contributed by atoms with Gasteiger partial charge in [-0.1, -0.05) is 40.2 Å². The lowest BCUT2D eigenvalue weighted by Gasteiger charge is -2.11. The first-order valence-electron chi connectivity index (χ1n) is 9.16. The Bertz CT molecular complexity index is 903. The topological polar surface area (TPSA) is 67.2 Å². The number of carbonyl (C=O) groups is 1. The third-order valence-electron chi connectivity index (χ3n) is 4.45. The molecule has 0 aliphatic heterocycles. The van der Waals surface area contributed by atoms with Gasteiger partial charge in [-0.2, -0.15) is 0 Å². The third-order valence-corrected chi connectivity index (χ3v) is 4.98. The van der Waals surface area contributed by atoms with Crippen molar-refractivity contribution >= 4 is 32.9 Å². The summed E-state index contributed by atoms with van der Waals surface area (Å²) in [5.74, 6) is 0.918. The minimum atomic E-state index is -0.453. The minimum Gasteiger partial charge on any atom is -0.393 e. The molecular formula is C21H24BrN3O2. The summed E-state index contributed by atoms with van der Waals surface area (Å²) in [5, 5.41) is 12.2. The number of benzene rings is 2. The zero-order valence-corrected chi connectivity index (χ0v) is 16.9. The normalized spacial score (nSPS) is 12.3. The Kier molecular flexibility index (Phi) is 6.63. The highest BCUT2D eigenvalue weighted by atomic mass is 79.9. The van der Waals surface area contributed by atoms with Crippen molar-refractivity contribution in [1.29, 1.82) is 0 Å². The minimum absolute atomic E-state index is 0.0357. The van der Waals surface area contributed by atoms with Gasteiger partial charge in [-0.25, -0.2) is 4.98 Å². The summed E-state index contributed by atoms with van der Waals surface area (Å²) in [7, 11) is 0. The molecule has 0 fully saturated rings. The van der Waals surface area contributed by atoms with Crippen molar-refractivity contribution in [3.63, 3.8) is 0 Å². The van der Waals surface area contributed by atoms with E-state index in [1.54, 1.807) is 6.92 Å². The molecule has 1 unspecified atom stereocenters. The number of nitrogens with zero attached hydrogens (tertiary/aromatic N) is 2. The number of aromatic nitrogens is 2. The number of nitrogens with one attached hydrogen (secondary N) is 1. The molecule has 2 aromatic carbocycles. The Morgan fingerprint density at radius 2 is 1.96 bits per heavy atom. The number of amides is 1. The molecule has 0 radical (unpaired) electrons. The highest BCUT2D eigenvalue weighted by molar-refractivity contribution is 9.10. The highest BCUT2D eigenvalue weighted by Crippen LogP contribution is 2.19. The fraction of sp³-hybridized carbons (Fsp3) is 0.333. The van der Waals surface area contributed by atoms with Crippen LogP contribution >= 0.6 is 15.9 Å². The number of aliphatic hydroxyl groups is 1. The molecule has 3 aromatic rings. The lowest BCUT2D eigenvalue weighted by Crippen LogP contribution is -2.27. The molecule has 5 nitrogen and oxygen atoms in total. The van der Waals surface area contributed by atoms with Crippen LogP contribution in [0.5, 0.6) is 0 Å². The van der Waals surface area contributed by atoms with Crippen molar-refractivity contribution in [2.24, 2.45) is 0 Å². The van der Waals surface area contributed by atoms with E-state index in [0.717, 1.165) is 27.9 Å². The van der Waals surface area contributed by atoms with Gasteiger partial charge in [0.05, 0.1) is 17.1 Å². The van der Waals surface area contributed by atoms with Crippen molar-refractivity contribution in [3.8, 4) is 0 Å². The standard InChI is InChI=1S/C21H24BrN3O2/c1-15(26)6-11-21(27)23-13-12-20-24-18-4-2-3-5-19(18)25(20)14-16-7-9-17(22)10-8-16/h2-5,7-10,15,26H,6,11-14H2,1H3,(H,23,27). The van der Waals surface area contributed by atoms with Gasteiger partial charge in [0.2, 0.25) is 5.91 Å². The van der Waals surface area contributed by atoms with Crippen LogP contribution in [0.1, 0.15) is 31.2 Å². The lowest BCUT2D eigenvalue weighted by molar-refractivity contribution is -0.121. The van der Waals surface area contributed by atoms with Crippen molar-refractivity contribution < 1.29 is 9.90 Å². The monoisotopic (exact) mass is 429 g/mol. The van der Waals surface area contributed by atoms with Gasteiger partial charge in [0.1, 0.15) is 5.82 Å². The first-order chi connectivity index (χ1) is 13.0. The molecular weight excluding hydrogens is 406 g/mol. The molecule has 0 saturated carbocycles.